The van der Waals surface area contributed by atoms with Crippen molar-refractivity contribution >= 4 is 11.9 Å². The number of ether oxygens (including phenoxy) is 2. The van der Waals surface area contributed by atoms with Crippen molar-refractivity contribution < 1.29 is 50.5 Å². The molecule has 1 fully saturated rings. The molecule has 19 heavy (non-hydrogen) atoms. The summed E-state index contributed by atoms with van der Waals surface area (Å²) in [4.78, 5) is 20.6. The molecule has 1 saturated heterocycles. The Bertz CT molecular complexity index is 391. The predicted octanol–water partition coefficient (Wildman–Crippen LogP) is 0.919. The van der Waals surface area contributed by atoms with Gasteiger partial charge in [-0.1, -0.05) is 0 Å². The zero-order chi connectivity index (χ0) is 15.1. The van der Waals surface area contributed by atoms with Crippen LogP contribution in [0.5, 0.6) is 0 Å². The van der Waals surface area contributed by atoms with Crippen molar-refractivity contribution in [1.82, 2.24) is 0 Å². The first-order valence-electron chi connectivity index (χ1n) is 4.60. The molecule has 1 aliphatic rings. The normalized spacial score (nSPS) is 20.0. The fraction of sp³-hybridized carbons (Fsp3) is 0.750. The smallest absolute Gasteiger partial charge is 0.411 e. The van der Waals surface area contributed by atoms with Crippen LogP contribution >= 0.6 is 0 Å². The largest absolute Gasteiger partial charge is 0.477 e. The van der Waals surface area contributed by atoms with E-state index in [9.17, 15) is 35.9 Å². The number of carboxylic acids is 1. The Balaban J connectivity index is 2.88. The van der Waals surface area contributed by atoms with E-state index in [0.29, 0.717) is 0 Å². The van der Waals surface area contributed by atoms with Gasteiger partial charge in [0.15, 0.2) is 0 Å². The Morgan fingerprint density at radius 1 is 1.16 bits per heavy atom. The van der Waals surface area contributed by atoms with E-state index in [-0.39, 0.29) is 6.61 Å². The van der Waals surface area contributed by atoms with Gasteiger partial charge in [0.2, 0.25) is 0 Å². The fourth-order valence-corrected chi connectivity index (χ4v) is 0.883. The zero-order valence-electron chi connectivity index (χ0n) is 8.84. The van der Waals surface area contributed by atoms with Gasteiger partial charge in [0.1, 0.15) is 12.7 Å². The van der Waals surface area contributed by atoms with Crippen molar-refractivity contribution in [1.29, 1.82) is 0 Å². The van der Waals surface area contributed by atoms with Gasteiger partial charge < -0.3 is 14.6 Å². The average Bonchev–Trinajstić information content (AvgIpc) is 3.08. The van der Waals surface area contributed by atoms with Crippen LogP contribution in [-0.2, 0) is 19.1 Å². The molecule has 1 rings (SSSR count). The molecule has 110 valence electrons. The maximum Gasteiger partial charge on any atom is 0.411 e. The molecule has 1 aliphatic heterocycles. The first kappa shape index (κ1) is 15.5. The third kappa shape index (κ3) is 2.60. The molecule has 0 aromatic rings. The summed E-state index contributed by atoms with van der Waals surface area (Å²) in [7, 11) is 0. The Morgan fingerprint density at radius 3 is 2.00 bits per heavy atom. The van der Waals surface area contributed by atoms with Gasteiger partial charge in [0.05, 0.1) is 6.61 Å². The summed E-state index contributed by atoms with van der Waals surface area (Å²) < 4.78 is 84.6. The molecule has 1 atom stereocenters. The van der Waals surface area contributed by atoms with Gasteiger partial charge >= 0.3 is 29.7 Å². The lowest BCUT2D eigenvalue weighted by Gasteiger charge is -2.28. The minimum atomic E-state index is -6.44. The summed E-state index contributed by atoms with van der Waals surface area (Å²) in [5, 5.41) is 7.81. The molecule has 0 saturated carbocycles. The molecule has 1 unspecified atom stereocenters. The molecule has 1 N–H and O–H groups in total. The number of halogens is 6. The predicted molar refractivity (Wildman–Crippen MR) is 43.2 cm³/mol. The molecular weight excluding hydrogens is 290 g/mol. The van der Waals surface area contributed by atoms with Gasteiger partial charge in [-0.25, -0.2) is 9.59 Å². The van der Waals surface area contributed by atoms with Gasteiger partial charge in [-0.05, 0) is 0 Å². The number of epoxide rings is 1. The molecule has 0 aliphatic carbocycles. The topological polar surface area (TPSA) is 76.1 Å². The van der Waals surface area contributed by atoms with E-state index in [2.05, 4.69) is 9.47 Å². The van der Waals surface area contributed by atoms with E-state index in [1.807, 2.05) is 0 Å². The molecular formula is C8H6F6O5. The third-order valence-electron chi connectivity index (χ3n) is 2.12. The van der Waals surface area contributed by atoms with Crippen LogP contribution in [-0.4, -0.2) is 54.1 Å². The summed E-state index contributed by atoms with van der Waals surface area (Å²) >= 11 is 0. The van der Waals surface area contributed by atoms with Crippen molar-refractivity contribution in [2.45, 2.75) is 23.9 Å². The SMILES string of the molecule is O=C(O)C(F)(F)C(F)(F)C(F)(F)C(=O)OCC1CO1. The molecule has 0 spiro atoms. The van der Waals surface area contributed by atoms with Crippen LogP contribution in [0.25, 0.3) is 0 Å². The van der Waals surface area contributed by atoms with E-state index in [1.54, 1.807) is 0 Å². The Morgan fingerprint density at radius 2 is 1.63 bits per heavy atom. The highest BCUT2D eigenvalue weighted by atomic mass is 19.3. The summed E-state index contributed by atoms with van der Waals surface area (Å²) in [5.74, 6) is -25.0. The van der Waals surface area contributed by atoms with E-state index < -0.39 is 42.4 Å². The number of rotatable bonds is 6. The second-order valence-corrected chi connectivity index (χ2v) is 3.58. The Labute approximate surface area is 101 Å². The number of aliphatic carboxylic acids is 1. The van der Waals surface area contributed by atoms with Crippen molar-refractivity contribution in [2.75, 3.05) is 13.2 Å². The lowest BCUT2D eigenvalue weighted by atomic mass is 10.0. The van der Waals surface area contributed by atoms with E-state index in [0.717, 1.165) is 0 Å². The maximum absolute atomic E-state index is 12.9. The van der Waals surface area contributed by atoms with Crippen molar-refractivity contribution in [3.05, 3.63) is 0 Å². The maximum atomic E-state index is 12.9. The van der Waals surface area contributed by atoms with E-state index >= 15 is 0 Å². The van der Waals surface area contributed by atoms with Gasteiger partial charge in [-0.15, -0.1) is 0 Å². The second-order valence-electron chi connectivity index (χ2n) is 3.58. The van der Waals surface area contributed by atoms with Crippen molar-refractivity contribution in [3.8, 4) is 0 Å². The number of carbonyl (C=O) groups is 2. The molecule has 0 aromatic heterocycles. The van der Waals surface area contributed by atoms with Crippen LogP contribution in [0.4, 0.5) is 26.3 Å². The highest BCUT2D eigenvalue weighted by Crippen LogP contribution is 2.46. The standard InChI is InChI=1S/C8H6F6O5/c9-6(10,4(15)16)8(13,14)7(11,12)5(17)19-2-3-1-18-3/h3H,1-2H2,(H,15,16). The average molecular weight is 296 g/mol. The number of carbonyl (C=O) groups excluding carboxylic acids is 1. The summed E-state index contributed by atoms with van der Waals surface area (Å²) in [6.07, 6.45) is -0.756. The zero-order valence-corrected chi connectivity index (χ0v) is 8.84. The van der Waals surface area contributed by atoms with Gasteiger partial charge in [-0.2, -0.15) is 26.3 Å². The highest BCUT2D eigenvalue weighted by Gasteiger charge is 2.79. The van der Waals surface area contributed by atoms with Crippen LogP contribution in [0.15, 0.2) is 0 Å². The van der Waals surface area contributed by atoms with Crippen molar-refractivity contribution in [3.63, 3.8) is 0 Å². The van der Waals surface area contributed by atoms with E-state index in [4.69, 9.17) is 5.11 Å². The molecule has 0 radical (unpaired) electrons. The number of hydrogen-bond acceptors (Lipinski definition) is 4. The lowest BCUT2D eigenvalue weighted by molar-refractivity contribution is -0.299. The van der Waals surface area contributed by atoms with Crippen LogP contribution in [0.3, 0.4) is 0 Å². The molecule has 1 heterocycles. The number of alkyl halides is 6. The molecule has 0 aromatic carbocycles. The summed E-state index contributed by atoms with van der Waals surface area (Å²) in [6, 6.07) is 0. The first-order valence-corrected chi connectivity index (χ1v) is 4.60. The number of carboxylic acid groups (broad SMARTS) is 1. The Kier molecular flexibility index (Phi) is 3.72. The fourth-order valence-electron chi connectivity index (χ4n) is 0.883. The van der Waals surface area contributed by atoms with Crippen molar-refractivity contribution in [2.24, 2.45) is 0 Å². The van der Waals surface area contributed by atoms with Crippen LogP contribution in [0.1, 0.15) is 0 Å². The van der Waals surface area contributed by atoms with Crippen LogP contribution in [0, 0.1) is 0 Å². The lowest BCUT2D eigenvalue weighted by Crippen LogP contribution is -2.61. The third-order valence-corrected chi connectivity index (χ3v) is 2.12. The second kappa shape index (κ2) is 4.54. The molecule has 0 amide bonds. The minimum absolute atomic E-state index is 0.0422. The highest BCUT2D eigenvalue weighted by molar-refractivity contribution is 5.83. The molecule has 5 nitrogen and oxygen atoms in total. The Hall–Kier alpha value is -1.52. The quantitative estimate of drug-likeness (QED) is 0.448. The molecule has 0 bridgehead atoms. The monoisotopic (exact) mass is 296 g/mol. The first-order chi connectivity index (χ1) is 8.44. The van der Waals surface area contributed by atoms with Gasteiger partial charge in [-0.3, -0.25) is 0 Å². The van der Waals surface area contributed by atoms with Gasteiger partial charge in [0, 0.05) is 0 Å². The number of esters is 1. The minimum Gasteiger partial charge on any atom is -0.477 e. The van der Waals surface area contributed by atoms with Gasteiger partial charge in [0.25, 0.3) is 0 Å². The number of hydrogen-bond donors (Lipinski definition) is 1. The molecule has 11 heteroatoms. The summed E-state index contributed by atoms with van der Waals surface area (Å²) in [6.45, 7) is -0.774. The summed E-state index contributed by atoms with van der Waals surface area (Å²) in [5.41, 5.74) is 0. The van der Waals surface area contributed by atoms with Crippen LogP contribution in [0.2, 0.25) is 0 Å². The van der Waals surface area contributed by atoms with E-state index in [1.165, 1.54) is 0 Å². The van der Waals surface area contributed by atoms with Crippen LogP contribution < -0.4 is 0 Å².